The van der Waals surface area contributed by atoms with Gasteiger partial charge in [0, 0.05) is 17.0 Å². The highest BCUT2D eigenvalue weighted by Gasteiger charge is 2.08. The van der Waals surface area contributed by atoms with Gasteiger partial charge in [-0.15, -0.1) is 0 Å². The van der Waals surface area contributed by atoms with Crippen molar-refractivity contribution in [3.05, 3.63) is 104 Å². The van der Waals surface area contributed by atoms with E-state index in [9.17, 15) is 0 Å². The minimum atomic E-state index is 0.797. The van der Waals surface area contributed by atoms with Crippen LogP contribution in [0.15, 0.2) is 104 Å². The van der Waals surface area contributed by atoms with E-state index in [2.05, 4.69) is 78.3 Å². The SMILES string of the molecule is C=C/C=C/C=C/C.COc1cc2c(ccc3c4cc5ccccc5cc4ccc23)[nH]1. The van der Waals surface area contributed by atoms with Crippen LogP contribution in [0, 0.1) is 0 Å². The van der Waals surface area contributed by atoms with Crippen molar-refractivity contribution in [3.63, 3.8) is 0 Å². The Hall–Kier alpha value is -3.78. The van der Waals surface area contributed by atoms with Crippen LogP contribution in [0.25, 0.3) is 43.2 Å². The van der Waals surface area contributed by atoms with Crippen LogP contribution in [0.2, 0.25) is 0 Å². The molecule has 148 valence electrons. The fourth-order valence-electron chi connectivity index (χ4n) is 3.78. The van der Waals surface area contributed by atoms with Crippen molar-refractivity contribution in [2.75, 3.05) is 7.11 Å². The number of fused-ring (bicyclic) bond motifs is 6. The summed E-state index contributed by atoms with van der Waals surface area (Å²) in [6.07, 6.45) is 9.51. The second-order valence-corrected chi connectivity index (χ2v) is 7.09. The van der Waals surface area contributed by atoms with Gasteiger partial charge in [-0.25, -0.2) is 0 Å². The summed E-state index contributed by atoms with van der Waals surface area (Å²) in [4.78, 5) is 3.29. The smallest absolute Gasteiger partial charge is 0.191 e. The molecule has 2 nitrogen and oxygen atoms in total. The van der Waals surface area contributed by atoms with Crippen LogP contribution in [-0.2, 0) is 0 Å². The van der Waals surface area contributed by atoms with Crippen molar-refractivity contribution >= 4 is 43.2 Å². The van der Waals surface area contributed by atoms with Gasteiger partial charge in [0.05, 0.1) is 7.11 Å². The van der Waals surface area contributed by atoms with E-state index in [0.29, 0.717) is 0 Å². The normalized spacial score (nSPS) is 11.5. The van der Waals surface area contributed by atoms with Crippen LogP contribution in [0.5, 0.6) is 5.88 Å². The van der Waals surface area contributed by atoms with Gasteiger partial charge >= 0.3 is 0 Å². The molecule has 0 bridgehead atoms. The summed E-state index contributed by atoms with van der Waals surface area (Å²) in [5.41, 5.74) is 1.11. The van der Waals surface area contributed by atoms with Gasteiger partial charge in [-0.1, -0.05) is 79.4 Å². The summed E-state index contributed by atoms with van der Waals surface area (Å²) in [6, 6.07) is 23.9. The topological polar surface area (TPSA) is 25.0 Å². The lowest BCUT2D eigenvalue weighted by Gasteiger charge is -2.07. The van der Waals surface area contributed by atoms with E-state index in [-0.39, 0.29) is 0 Å². The molecule has 0 aliphatic rings. The first-order valence-corrected chi connectivity index (χ1v) is 10.1. The number of methoxy groups -OCH3 is 1. The molecule has 0 aliphatic carbocycles. The van der Waals surface area contributed by atoms with Crippen LogP contribution < -0.4 is 4.74 Å². The van der Waals surface area contributed by atoms with E-state index in [0.717, 1.165) is 11.4 Å². The Morgan fingerprint density at radius 1 is 0.733 bits per heavy atom. The van der Waals surface area contributed by atoms with Crippen LogP contribution in [0.4, 0.5) is 0 Å². The van der Waals surface area contributed by atoms with Crippen molar-refractivity contribution < 1.29 is 4.74 Å². The van der Waals surface area contributed by atoms with Crippen molar-refractivity contribution in [3.8, 4) is 5.88 Å². The van der Waals surface area contributed by atoms with E-state index in [4.69, 9.17) is 4.74 Å². The summed E-state index contributed by atoms with van der Waals surface area (Å²) < 4.78 is 5.34. The summed E-state index contributed by atoms with van der Waals surface area (Å²) in [7, 11) is 1.69. The number of ether oxygens (including phenoxy) is 1. The molecule has 0 radical (unpaired) electrons. The third-order valence-electron chi connectivity index (χ3n) is 5.23. The Morgan fingerprint density at radius 3 is 2.20 bits per heavy atom. The van der Waals surface area contributed by atoms with Crippen molar-refractivity contribution in [1.82, 2.24) is 4.98 Å². The predicted molar refractivity (Wildman–Crippen MR) is 132 cm³/mol. The average Bonchev–Trinajstić information content (AvgIpc) is 3.22. The highest BCUT2D eigenvalue weighted by molar-refractivity contribution is 6.19. The lowest BCUT2D eigenvalue weighted by atomic mass is 9.97. The van der Waals surface area contributed by atoms with E-state index >= 15 is 0 Å². The fraction of sp³-hybridized carbons (Fsp3) is 0.0714. The minimum absolute atomic E-state index is 0.797. The Morgan fingerprint density at radius 2 is 1.47 bits per heavy atom. The van der Waals surface area contributed by atoms with Gasteiger partial charge in [0.25, 0.3) is 0 Å². The van der Waals surface area contributed by atoms with Crippen molar-refractivity contribution in [1.29, 1.82) is 0 Å². The Kier molecular flexibility index (Phi) is 5.67. The zero-order chi connectivity index (χ0) is 20.9. The first-order valence-electron chi connectivity index (χ1n) is 10.1. The number of aromatic amines is 1. The van der Waals surface area contributed by atoms with E-state index in [1.807, 2.05) is 31.2 Å². The Balaban J connectivity index is 0.000000272. The zero-order valence-corrected chi connectivity index (χ0v) is 17.4. The number of hydrogen-bond donors (Lipinski definition) is 1. The monoisotopic (exact) mass is 391 g/mol. The molecule has 0 amide bonds. The third kappa shape index (κ3) is 3.72. The van der Waals surface area contributed by atoms with Crippen LogP contribution in [0.1, 0.15) is 6.92 Å². The van der Waals surface area contributed by atoms with Gasteiger partial charge in [-0.05, 0) is 57.4 Å². The lowest BCUT2D eigenvalue weighted by molar-refractivity contribution is 0.401. The number of hydrogen-bond acceptors (Lipinski definition) is 1. The number of allylic oxidation sites excluding steroid dienone is 5. The number of nitrogens with one attached hydrogen (secondary N) is 1. The van der Waals surface area contributed by atoms with E-state index in [1.165, 1.54) is 37.7 Å². The van der Waals surface area contributed by atoms with E-state index < -0.39 is 0 Å². The van der Waals surface area contributed by atoms with E-state index in [1.54, 1.807) is 13.2 Å². The molecule has 0 spiro atoms. The molecule has 2 heteroatoms. The van der Waals surface area contributed by atoms with Crippen molar-refractivity contribution in [2.24, 2.45) is 0 Å². The molecule has 30 heavy (non-hydrogen) atoms. The van der Waals surface area contributed by atoms with Gasteiger partial charge in [-0.3, -0.25) is 0 Å². The highest BCUT2D eigenvalue weighted by Crippen LogP contribution is 2.34. The van der Waals surface area contributed by atoms with Gasteiger partial charge in [0.1, 0.15) is 0 Å². The Bertz CT molecular complexity index is 1400. The molecule has 0 aliphatic heterocycles. The summed E-state index contributed by atoms with van der Waals surface area (Å²) in [5, 5.41) is 8.87. The van der Waals surface area contributed by atoms with Crippen LogP contribution in [-0.4, -0.2) is 12.1 Å². The molecule has 0 saturated carbocycles. The molecule has 0 unspecified atom stereocenters. The van der Waals surface area contributed by atoms with Gasteiger partial charge in [0.2, 0.25) is 0 Å². The van der Waals surface area contributed by atoms with Crippen LogP contribution >= 0.6 is 0 Å². The molecular weight excluding hydrogens is 366 g/mol. The number of benzene rings is 4. The largest absolute Gasteiger partial charge is 0.482 e. The summed E-state index contributed by atoms with van der Waals surface area (Å²) >= 11 is 0. The first-order chi connectivity index (χ1) is 14.7. The zero-order valence-electron chi connectivity index (χ0n) is 17.4. The molecule has 1 aromatic heterocycles. The molecule has 0 fully saturated rings. The standard InChI is InChI=1S/C21H15NO.C7H10/c1-23-21-12-19-17-7-6-15-10-13-4-2-3-5-14(13)11-18(15)16(17)8-9-20(19)22-21;1-3-5-7-6-4-2/h2-12,22H,1H3;3-7H,1H2,2H3/b;6-4+,7-5+. The quantitative estimate of drug-likeness (QED) is 0.188. The second-order valence-electron chi connectivity index (χ2n) is 7.09. The maximum atomic E-state index is 5.34. The number of rotatable bonds is 3. The maximum Gasteiger partial charge on any atom is 0.191 e. The second kappa shape index (κ2) is 8.71. The Labute approximate surface area is 176 Å². The molecule has 4 aromatic carbocycles. The maximum absolute atomic E-state index is 5.34. The number of H-pyrrole nitrogens is 1. The molecular formula is C28H25NO. The molecule has 1 N–H and O–H groups in total. The number of aromatic nitrogens is 1. The third-order valence-corrected chi connectivity index (χ3v) is 5.23. The summed E-state index contributed by atoms with van der Waals surface area (Å²) in [5.74, 6) is 0.797. The molecule has 5 aromatic rings. The molecule has 0 atom stereocenters. The summed E-state index contributed by atoms with van der Waals surface area (Å²) in [6.45, 7) is 5.49. The van der Waals surface area contributed by atoms with Gasteiger partial charge in [-0.2, -0.15) is 0 Å². The van der Waals surface area contributed by atoms with Gasteiger partial charge in [0.15, 0.2) is 5.88 Å². The highest BCUT2D eigenvalue weighted by atomic mass is 16.5. The predicted octanol–water partition coefficient (Wildman–Crippen LogP) is 7.94. The van der Waals surface area contributed by atoms with Gasteiger partial charge < -0.3 is 9.72 Å². The lowest BCUT2D eigenvalue weighted by Crippen LogP contribution is -1.80. The van der Waals surface area contributed by atoms with Crippen molar-refractivity contribution in [2.45, 2.75) is 6.92 Å². The minimum Gasteiger partial charge on any atom is -0.482 e. The van der Waals surface area contributed by atoms with Crippen LogP contribution in [0.3, 0.4) is 0 Å². The molecule has 1 heterocycles. The average molecular weight is 392 g/mol. The fourth-order valence-corrected chi connectivity index (χ4v) is 3.78. The first kappa shape index (κ1) is 19.5. The molecule has 0 saturated heterocycles. The molecule has 5 rings (SSSR count).